The van der Waals surface area contributed by atoms with E-state index < -0.39 is 46.9 Å². The van der Waals surface area contributed by atoms with Gasteiger partial charge >= 0.3 is 12.6 Å². The van der Waals surface area contributed by atoms with Gasteiger partial charge in [0.15, 0.2) is 23.9 Å². The van der Waals surface area contributed by atoms with Gasteiger partial charge in [0.2, 0.25) is 10.0 Å². The van der Waals surface area contributed by atoms with E-state index in [-0.39, 0.29) is 75.1 Å². The Morgan fingerprint density at radius 2 is 1.78 bits per heavy atom. The standard InChI is InChI=1S/C35H36Cl2F2N4O10S/c1-54(48,49)43(9-8-40-10-12-50-13-11-40)23-5-6-28-25(15-23)33(45)34(46)42(28)19-32(44)52-30(16-24-26(36)17-41(47)18-27(24)37)22-4-7-29(53-35(38)39)31(14-22)51-20-21-2-3-21/h4-7,14-15,17-18,21,30,35H,2-3,8-13,16,19-20H2,1H3/t30-/m0/s1. The van der Waals surface area contributed by atoms with Crippen LogP contribution in [0.15, 0.2) is 48.8 Å². The molecule has 3 aliphatic rings. The second-order valence-electron chi connectivity index (χ2n) is 13.0. The number of sulfonamides is 1. The molecule has 1 saturated carbocycles. The highest BCUT2D eigenvalue weighted by Crippen LogP contribution is 2.39. The molecule has 2 aromatic carbocycles. The summed E-state index contributed by atoms with van der Waals surface area (Å²) in [6, 6.07) is 8.13. The zero-order valence-corrected chi connectivity index (χ0v) is 31.2. The summed E-state index contributed by atoms with van der Waals surface area (Å²) in [6.07, 6.45) is 3.58. The van der Waals surface area contributed by atoms with E-state index in [0.29, 0.717) is 37.6 Å². The largest absolute Gasteiger partial charge is 0.619 e. The van der Waals surface area contributed by atoms with Crippen LogP contribution in [0.1, 0.15) is 40.4 Å². The highest BCUT2D eigenvalue weighted by Gasteiger charge is 2.39. The number of pyridine rings is 1. The van der Waals surface area contributed by atoms with Gasteiger partial charge in [-0.15, -0.1) is 0 Å². The normalized spacial score (nSPS) is 16.7. The van der Waals surface area contributed by atoms with E-state index in [2.05, 4.69) is 9.64 Å². The van der Waals surface area contributed by atoms with Gasteiger partial charge in [0.05, 0.1) is 43.0 Å². The number of carbonyl (C=O) groups excluding carboxylic acids is 3. The number of hydrogen-bond acceptors (Lipinski definition) is 11. The van der Waals surface area contributed by atoms with Crippen molar-refractivity contribution in [1.82, 2.24) is 4.90 Å². The van der Waals surface area contributed by atoms with Crippen molar-refractivity contribution in [2.45, 2.75) is 32.0 Å². The van der Waals surface area contributed by atoms with Crippen molar-refractivity contribution in [3.8, 4) is 11.5 Å². The van der Waals surface area contributed by atoms with Crippen LogP contribution in [0.5, 0.6) is 11.5 Å². The molecule has 1 amide bonds. The summed E-state index contributed by atoms with van der Waals surface area (Å²) >= 11 is 12.7. The van der Waals surface area contributed by atoms with Crippen LogP contribution in [-0.2, 0) is 35.5 Å². The molecule has 6 rings (SSSR count). The molecule has 3 aromatic rings. The van der Waals surface area contributed by atoms with E-state index in [0.717, 1.165) is 40.7 Å². The summed E-state index contributed by atoms with van der Waals surface area (Å²) in [4.78, 5) is 43.0. The van der Waals surface area contributed by atoms with Crippen molar-refractivity contribution in [3.63, 3.8) is 0 Å². The number of ketones is 1. The zero-order valence-electron chi connectivity index (χ0n) is 28.9. The number of anilines is 2. The highest BCUT2D eigenvalue weighted by molar-refractivity contribution is 7.92. The number of hydrogen-bond donors (Lipinski definition) is 0. The number of esters is 1. The molecule has 0 N–H and O–H groups in total. The van der Waals surface area contributed by atoms with Gasteiger partial charge in [-0.05, 0) is 54.7 Å². The first-order valence-electron chi connectivity index (χ1n) is 16.9. The monoisotopic (exact) mass is 812 g/mol. The first kappa shape index (κ1) is 39.4. The minimum Gasteiger partial charge on any atom is -0.619 e. The average molecular weight is 814 g/mol. The van der Waals surface area contributed by atoms with Crippen LogP contribution in [0.3, 0.4) is 0 Å². The Hall–Kier alpha value is -4.29. The molecule has 2 fully saturated rings. The molecule has 2 aliphatic heterocycles. The molecule has 0 unspecified atom stereocenters. The maximum atomic E-state index is 13.6. The van der Waals surface area contributed by atoms with E-state index in [1.165, 1.54) is 36.4 Å². The molecular weight excluding hydrogens is 777 g/mol. The lowest BCUT2D eigenvalue weighted by molar-refractivity contribution is -0.605. The third kappa shape index (κ3) is 9.49. The Morgan fingerprint density at radius 3 is 2.43 bits per heavy atom. The van der Waals surface area contributed by atoms with Crippen LogP contribution < -0.4 is 23.4 Å². The quantitative estimate of drug-likeness (QED) is 0.0885. The number of Topliss-reactive ketones (excluding diaryl/α,β-unsaturated/α-hetero) is 1. The van der Waals surface area contributed by atoms with E-state index in [9.17, 15) is 36.8 Å². The van der Waals surface area contributed by atoms with E-state index in [4.69, 9.17) is 37.4 Å². The number of amides is 1. The fourth-order valence-electron chi connectivity index (χ4n) is 6.13. The average Bonchev–Trinajstić information content (AvgIpc) is 3.91. The molecular formula is C35H36Cl2F2N4O10S. The zero-order chi connectivity index (χ0) is 38.7. The second kappa shape index (κ2) is 16.6. The molecule has 14 nitrogen and oxygen atoms in total. The number of nitrogens with zero attached hydrogens (tertiary/aromatic N) is 4. The summed E-state index contributed by atoms with van der Waals surface area (Å²) in [5, 5.41) is 11.8. The maximum absolute atomic E-state index is 13.6. The molecule has 1 atom stereocenters. The molecule has 0 bridgehead atoms. The first-order valence-corrected chi connectivity index (χ1v) is 19.5. The van der Waals surface area contributed by atoms with Gasteiger partial charge in [-0.25, -0.2) is 8.42 Å². The molecule has 1 saturated heterocycles. The van der Waals surface area contributed by atoms with Crippen molar-refractivity contribution in [2.75, 3.05) is 68.0 Å². The minimum absolute atomic E-state index is 0.0264. The highest BCUT2D eigenvalue weighted by atomic mass is 35.5. The minimum atomic E-state index is -3.79. The number of aromatic nitrogens is 1. The number of halogens is 4. The van der Waals surface area contributed by atoms with Crippen LogP contribution >= 0.6 is 23.2 Å². The van der Waals surface area contributed by atoms with Crippen molar-refractivity contribution >= 4 is 62.3 Å². The number of fused-ring (bicyclic) bond motifs is 1. The number of ether oxygens (including phenoxy) is 4. The molecule has 1 aromatic heterocycles. The fourth-order valence-corrected chi connectivity index (χ4v) is 7.64. The molecule has 0 spiro atoms. The lowest BCUT2D eigenvalue weighted by Gasteiger charge is -2.30. The van der Waals surface area contributed by atoms with E-state index >= 15 is 0 Å². The van der Waals surface area contributed by atoms with Crippen LogP contribution in [0.4, 0.5) is 20.2 Å². The fraction of sp³-hybridized carbons (Fsp3) is 0.429. The molecule has 1 aliphatic carbocycles. The summed E-state index contributed by atoms with van der Waals surface area (Å²) in [5.74, 6) is -2.97. The number of benzene rings is 2. The third-order valence-corrected chi connectivity index (χ3v) is 10.9. The van der Waals surface area contributed by atoms with Gasteiger partial charge in [-0.1, -0.05) is 29.3 Å². The van der Waals surface area contributed by atoms with Crippen molar-refractivity contribution < 1.29 is 55.3 Å². The van der Waals surface area contributed by atoms with Crippen LogP contribution in [0.25, 0.3) is 0 Å². The molecule has 0 radical (unpaired) electrons. The lowest BCUT2D eigenvalue weighted by atomic mass is 10.0. The number of alkyl halides is 2. The van der Waals surface area contributed by atoms with Gasteiger partial charge in [0.25, 0.3) is 11.7 Å². The van der Waals surface area contributed by atoms with Gasteiger partial charge in [0, 0.05) is 38.2 Å². The summed E-state index contributed by atoms with van der Waals surface area (Å²) < 4.78 is 75.3. The van der Waals surface area contributed by atoms with Gasteiger partial charge in [-0.2, -0.15) is 13.5 Å². The Bertz CT molecular complexity index is 2010. The second-order valence-corrected chi connectivity index (χ2v) is 15.7. The molecule has 54 heavy (non-hydrogen) atoms. The Balaban J connectivity index is 1.25. The predicted molar refractivity (Wildman–Crippen MR) is 192 cm³/mol. The van der Waals surface area contributed by atoms with E-state index in [1.807, 2.05) is 0 Å². The predicted octanol–water partition coefficient (Wildman–Crippen LogP) is 4.17. The van der Waals surface area contributed by atoms with E-state index in [1.54, 1.807) is 0 Å². The molecule has 19 heteroatoms. The number of rotatable bonds is 16. The Labute approximate surface area is 319 Å². The first-order chi connectivity index (χ1) is 25.7. The molecule has 3 heterocycles. The van der Waals surface area contributed by atoms with Crippen molar-refractivity contribution in [1.29, 1.82) is 0 Å². The summed E-state index contributed by atoms with van der Waals surface area (Å²) in [5.41, 5.74) is 0.634. The SMILES string of the molecule is CS(=O)(=O)N(CCN1CCOCC1)c1ccc2c(c1)C(=O)C(=O)N2CC(=O)O[C@@H](Cc1c(Cl)c[n+]([O-])cc1Cl)c1ccc(OC(F)F)c(OCC2CC2)c1. The number of morpholine rings is 1. The Morgan fingerprint density at radius 1 is 1.07 bits per heavy atom. The smallest absolute Gasteiger partial charge is 0.387 e. The van der Waals surface area contributed by atoms with Gasteiger partial charge in [0.1, 0.15) is 22.7 Å². The topological polar surface area (TPSA) is 159 Å². The van der Waals surface area contributed by atoms with Crippen LogP contribution in [-0.4, -0.2) is 96.4 Å². The van der Waals surface area contributed by atoms with Crippen molar-refractivity contribution in [2.24, 2.45) is 5.92 Å². The van der Waals surface area contributed by atoms with Gasteiger partial charge < -0.3 is 24.2 Å². The maximum Gasteiger partial charge on any atom is 0.387 e. The van der Waals surface area contributed by atoms with Crippen LogP contribution in [0.2, 0.25) is 10.0 Å². The van der Waals surface area contributed by atoms with Crippen molar-refractivity contribution in [3.05, 3.63) is 80.7 Å². The lowest BCUT2D eigenvalue weighted by Crippen LogP contribution is -2.43. The summed E-state index contributed by atoms with van der Waals surface area (Å²) in [7, 11) is -3.79. The van der Waals surface area contributed by atoms with Crippen LogP contribution in [0, 0.1) is 11.1 Å². The Kier molecular flexibility index (Phi) is 12.1. The third-order valence-electron chi connectivity index (χ3n) is 9.10. The van der Waals surface area contributed by atoms with Gasteiger partial charge in [-0.3, -0.25) is 28.5 Å². The molecule has 290 valence electrons. The summed E-state index contributed by atoms with van der Waals surface area (Å²) in [6.45, 7) is -0.792. The number of carbonyl (C=O) groups is 3.